The standard InChI is InChI=1S/C20H22BrNO3/c1-14(15-6-4-3-5-7-15)12-19(23)22-18(13-20(24)25-2)16-8-10-17(21)11-9-16/h3-11,14,18H,12-13H2,1-2H3,(H,22,23). The smallest absolute Gasteiger partial charge is 0.307 e. The number of esters is 1. The van der Waals surface area contributed by atoms with Gasteiger partial charge in [0.05, 0.1) is 19.6 Å². The predicted molar refractivity (Wildman–Crippen MR) is 101 cm³/mol. The number of amides is 1. The van der Waals surface area contributed by atoms with Crippen molar-refractivity contribution in [3.05, 3.63) is 70.2 Å². The van der Waals surface area contributed by atoms with Crippen molar-refractivity contribution >= 4 is 27.8 Å². The van der Waals surface area contributed by atoms with E-state index in [0.29, 0.717) is 6.42 Å². The minimum absolute atomic E-state index is 0.0897. The second-order valence-corrected chi connectivity index (χ2v) is 6.88. The molecule has 2 atom stereocenters. The molecule has 2 aromatic carbocycles. The van der Waals surface area contributed by atoms with Gasteiger partial charge in [0.2, 0.25) is 5.91 Å². The molecule has 132 valence electrons. The monoisotopic (exact) mass is 403 g/mol. The first kappa shape index (κ1) is 19.2. The van der Waals surface area contributed by atoms with Crippen LogP contribution in [0, 0.1) is 0 Å². The van der Waals surface area contributed by atoms with Gasteiger partial charge in [0.15, 0.2) is 0 Å². The van der Waals surface area contributed by atoms with Gasteiger partial charge >= 0.3 is 5.97 Å². The molecule has 0 heterocycles. The molecular formula is C20H22BrNO3. The zero-order valence-electron chi connectivity index (χ0n) is 14.4. The molecule has 0 fully saturated rings. The van der Waals surface area contributed by atoms with Crippen molar-refractivity contribution in [1.82, 2.24) is 5.32 Å². The molecule has 0 aromatic heterocycles. The van der Waals surface area contributed by atoms with Crippen LogP contribution in [-0.2, 0) is 14.3 Å². The lowest BCUT2D eigenvalue weighted by molar-refractivity contribution is -0.141. The number of halogens is 1. The quantitative estimate of drug-likeness (QED) is 0.698. The van der Waals surface area contributed by atoms with E-state index in [-0.39, 0.29) is 24.2 Å². The van der Waals surface area contributed by atoms with Crippen LogP contribution in [0.4, 0.5) is 0 Å². The van der Waals surface area contributed by atoms with Crippen LogP contribution in [0.2, 0.25) is 0 Å². The van der Waals surface area contributed by atoms with E-state index in [1.807, 2.05) is 61.5 Å². The van der Waals surface area contributed by atoms with Gasteiger partial charge in [0, 0.05) is 10.9 Å². The zero-order valence-corrected chi connectivity index (χ0v) is 16.0. The van der Waals surface area contributed by atoms with Crippen molar-refractivity contribution in [2.24, 2.45) is 0 Å². The molecule has 5 heteroatoms. The summed E-state index contributed by atoms with van der Waals surface area (Å²) in [6.45, 7) is 2.02. The van der Waals surface area contributed by atoms with E-state index >= 15 is 0 Å². The second kappa shape index (κ2) is 9.37. The molecule has 0 aliphatic carbocycles. The van der Waals surface area contributed by atoms with Crippen LogP contribution in [0.25, 0.3) is 0 Å². The van der Waals surface area contributed by atoms with Crippen LogP contribution in [0.5, 0.6) is 0 Å². The number of carbonyl (C=O) groups excluding carboxylic acids is 2. The summed E-state index contributed by atoms with van der Waals surface area (Å²) in [4.78, 5) is 24.2. The molecule has 0 aliphatic heterocycles. The number of ether oxygens (including phenoxy) is 1. The molecule has 1 N–H and O–H groups in total. The van der Waals surface area contributed by atoms with Gasteiger partial charge in [0.25, 0.3) is 0 Å². The molecule has 2 aromatic rings. The Labute approximate surface area is 156 Å². The maximum absolute atomic E-state index is 12.5. The molecule has 0 saturated heterocycles. The van der Waals surface area contributed by atoms with Crippen LogP contribution in [0.1, 0.15) is 42.9 Å². The minimum Gasteiger partial charge on any atom is -0.469 e. The summed E-state index contributed by atoms with van der Waals surface area (Å²) in [6.07, 6.45) is 0.460. The van der Waals surface area contributed by atoms with Gasteiger partial charge in [-0.25, -0.2) is 0 Å². The number of methoxy groups -OCH3 is 1. The fourth-order valence-corrected chi connectivity index (χ4v) is 2.89. The zero-order chi connectivity index (χ0) is 18.2. The highest BCUT2D eigenvalue weighted by atomic mass is 79.9. The van der Waals surface area contributed by atoms with Crippen molar-refractivity contribution in [3.63, 3.8) is 0 Å². The molecule has 0 spiro atoms. The molecule has 1 amide bonds. The summed E-state index contributed by atoms with van der Waals surface area (Å²) in [5, 5.41) is 2.96. The third-order valence-corrected chi connectivity index (χ3v) is 4.59. The molecule has 2 rings (SSSR count). The SMILES string of the molecule is COC(=O)CC(NC(=O)CC(C)c1ccccc1)c1ccc(Br)cc1. The van der Waals surface area contributed by atoms with Gasteiger partial charge in [-0.15, -0.1) is 0 Å². The van der Waals surface area contributed by atoms with Gasteiger partial charge < -0.3 is 10.1 Å². The number of nitrogens with one attached hydrogen (secondary N) is 1. The van der Waals surface area contributed by atoms with Crippen molar-refractivity contribution in [2.75, 3.05) is 7.11 Å². The Bertz CT molecular complexity index is 701. The molecule has 2 unspecified atom stereocenters. The van der Waals surface area contributed by atoms with Crippen LogP contribution in [-0.4, -0.2) is 19.0 Å². The van der Waals surface area contributed by atoms with Gasteiger partial charge in [0.1, 0.15) is 0 Å². The third-order valence-electron chi connectivity index (χ3n) is 4.07. The molecule has 0 aliphatic rings. The van der Waals surface area contributed by atoms with Crippen LogP contribution in [0.3, 0.4) is 0 Å². The minimum atomic E-state index is -0.406. The molecular weight excluding hydrogens is 382 g/mol. The summed E-state index contributed by atoms with van der Waals surface area (Å²) >= 11 is 3.39. The summed E-state index contributed by atoms with van der Waals surface area (Å²) in [5.41, 5.74) is 1.99. The highest BCUT2D eigenvalue weighted by Crippen LogP contribution is 2.22. The highest BCUT2D eigenvalue weighted by molar-refractivity contribution is 9.10. The largest absolute Gasteiger partial charge is 0.469 e. The third kappa shape index (κ3) is 6.02. The first-order valence-corrected chi connectivity index (χ1v) is 8.95. The molecule has 0 radical (unpaired) electrons. The number of carbonyl (C=O) groups is 2. The summed E-state index contributed by atoms with van der Waals surface area (Å²) in [7, 11) is 1.35. The van der Waals surface area contributed by atoms with Crippen molar-refractivity contribution in [1.29, 1.82) is 0 Å². The average Bonchev–Trinajstić information content (AvgIpc) is 2.62. The topological polar surface area (TPSA) is 55.4 Å². The fraction of sp³-hybridized carbons (Fsp3) is 0.300. The van der Waals surface area contributed by atoms with Gasteiger partial charge in [-0.2, -0.15) is 0 Å². The maximum Gasteiger partial charge on any atom is 0.307 e. The Morgan fingerprint density at radius 3 is 2.24 bits per heavy atom. The van der Waals surface area contributed by atoms with Gasteiger partial charge in [-0.05, 0) is 29.2 Å². The Balaban J connectivity index is 2.06. The van der Waals surface area contributed by atoms with Crippen LogP contribution in [0.15, 0.2) is 59.1 Å². The number of benzene rings is 2. The Hall–Kier alpha value is -2.14. The predicted octanol–water partition coefficient (Wildman–Crippen LogP) is 4.36. The maximum atomic E-state index is 12.5. The van der Waals surface area contributed by atoms with E-state index in [4.69, 9.17) is 4.74 Å². The lowest BCUT2D eigenvalue weighted by Crippen LogP contribution is -2.31. The highest BCUT2D eigenvalue weighted by Gasteiger charge is 2.20. The number of rotatable bonds is 7. The normalized spacial score (nSPS) is 12.9. The summed E-state index contributed by atoms with van der Waals surface area (Å²) < 4.78 is 5.70. The molecule has 25 heavy (non-hydrogen) atoms. The van der Waals surface area contributed by atoms with Crippen molar-refractivity contribution < 1.29 is 14.3 Å². The van der Waals surface area contributed by atoms with Crippen molar-refractivity contribution in [3.8, 4) is 0 Å². The van der Waals surface area contributed by atoms with Gasteiger partial charge in [-0.1, -0.05) is 65.3 Å². The average molecular weight is 404 g/mol. The molecule has 0 bridgehead atoms. The van der Waals surface area contributed by atoms with E-state index < -0.39 is 6.04 Å². The van der Waals surface area contributed by atoms with Gasteiger partial charge in [-0.3, -0.25) is 9.59 Å². The second-order valence-electron chi connectivity index (χ2n) is 5.97. The van der Waals surface area contributed by atoms with E-state index in [0.717, 1.165) is 15.6 Å². The Morgan fingerprint density at radius 2 is 1.64 bits per heavy atom. The molecule has 0 saturated carbocycles. The number of hydrogen-bond donors (Lipinski definition) is 1. The lowest BCUT2D eigenvalue weighted by Gasteiger charge is -2.20. The number of hydrogen-bond acceptors (Lipinski definition) is 3. The van der Waals surface area contributed by atoms with E-state index in [9.17, 15) is 9.59 Å². The van der Waals surface area contributed by atoms with E-state index in [1.54, 1.807) is 0 Å². The molecule has 4 nitrogen and oxygen atoms in total. The lowest BCUT2D eigenvalue weighted by atomic mass is 9.97. The summed E-state index contributed by atoms with van der Waals surface area (Å²) in [5.74, 6) is -0.345. The van der Waals surface area contributed by atoms with E-state index in [1.165, 1.54) is 7.11 Å². The Morgan fingerprint density at radius 1 is 1.00 bits per heavy atom. The first-order chi connectivity index (χ1) is 12.0. The first-order valence-electron chi connectivity index (χ1n) is 8.16. The van der Waals surface area contributed by atoms with Crippen molar-refractivity contribution in [2.45, 2.75) is 31.7 Å². The van der Waals surface area contributed by atoms with E-state index in [2.05, 4.69) is 21.2 Å². The van der Waals surface area contributed by atoms with Crippen LogP contribution >= 0.6 is 15.9 Å². The summed E-state index contributed by atoms with van der Waals surface area (Å²) in [6, 6.07) is 17.1. The van der Waals surface area contributed by atoms with Crippen LogP contribution < -0.4 is 5.32 Å². The fourth-order valence-electron chi connectivity index (χ4n) is 2.63. The Kier molecular flexibility index (Phi) is 7.19.